The van der Waals surface area contributed by atoms with Crippen LogP contribution in [0.3, 0.4) is 0 Å². The molecule has 31 heavy (non-hydrogen) atoms. The van der Waals surface area contributed by atoms with Crippen molar-refractivity contribution in [3.8, 4) is 5.69 Å². The summed E-state index contributed by atoms with van der Waals surface area (Å²) < 4.78 is 42.6. The Hall–Kier alpha value is -2.97. The summed E-state index contributed by atoms with van der Waals surface area (Å²) in [7, 11) is 0. The summed E-state index contributed by atoms with van der Waals surface area (Å²) in [4.78, 5) is 9.15. The van der Waals surface area contributed by atoms with Crippen LogP contribution >= 0.6 is 23.4 Å². The molecule has 9 heteroatoms. The molecule has 0 radical (unpaired) electrons. The predicted molar refractivity (Wildman–Crippen MR) is 116 cm³/mol. The van der Waals surface area contributed by atoms with Gasteiger partial charge in [0.25, 0.3) is 0 Å². The average Bonchev–Trinajstić information content (AvgIpc) is 3.33. The van der Waals surface area contributed by atoms with Crippen molar-refractivity contribution in [2.24, 2.45) is 0 Å². The van der Waals surface area contributed by atoms with E-state index in [1.807, 2.05) is 54.6 Å². The lowest BCUT2D eigenvalue weighted by atomic mass is 10.3. The number of imidazole rings is 2. The van der Waals surface area contributed by atoms with Crippen molar-refractivity contribution in [1.29, 1.82) is 0 Å². The zero-order valence-electron chi connectivity index (χ0n) is 15.8. The Bertz CT molecular complexity index is 1390. The summed E-state index contributed by atoms with van der Waals surface area (Å²) in [6.45, 7) is 0. The van der Waals surface area contributed by atoms with Crippen LogP contribution in [0.4, 0.5) is 13.2 Å². The minimum atomic E-state index is -4.47. The molecule has 0 bridgehead atoms. The second kappa shape index (κ2) is 7.62. The number of hydrogen-bond acceptors (Lipinski definition) is 3. The minimum Gasteiger partial charge on any atom is -0.305 e. The lowest BCUT2D eigenvalue weighted by Crippen LogP contribution is -2.06. The number of hydrogen-bond donors (Lipinski definition) is 0. The quantitative estimate of drug-likeness (QED) is 0.283. The molecule has 5 aromatic rings. The van der Waals surface area contributed by atoms with Gasteiger partial charge in [0.15, 0.2) is 10.8 Å². The highest BCUT2D eigenvalue weighted by atomic mass is 35.5. The molecule has 3 heterocycles. The van der Waals surface area contributed by atoms with Crippen LogP contribution in [0.2, 0.25) is 5.02 Å². The average molecular weight is 459 g/mol. The van der Waals surface area contributed by atoms with Crippen LogP contribution in [0.25, 0.3) is 22.4 Å². The second-order valence-electron chi connectivity index (χ2n) is 6.88. The van der Waals surface area contributed by atoms with Crippen LogP contribution in [0, 0.1) is 0 Å². The van der Waals surface area contributed by atoms with Crippen molar-refractivity contribution < 1.29 is 13.2 Å². The lowest BCUT2D eigenvalue weighted by molar-refractivity contribution is -0.137. The van der Waals surface area contributed by atoms with E-state index in [0.29, 0.717) is 17.1 Å². The van der Waals surface area contributed by atoms with Crippen molar-refractivity contribution in [2.45, 2.75) is 17.1 Å². The molecule has 0 fully saturated rings. The molecule has 5 rings (SSSR count). The molecular weight excluding hydrogens is 445 g/mol. The number of nitrogens with zero attached hydrogens (tertiary/aromatic N) is 4. The van der Waals surface area contributed by atoms with Gasteiger partial charge in [0.05, 0.1) is 27.3 Å². The van der Waals surface area contributed by atoms with Crippen LogP contribution in [-0.4, -0.2) is 18.9 Å². The molecule has 0 aliphatic rings. The summed E-state index contributed by atoms with van der Waals surface area (Å²) >= 11 is 7.51. The topological polar surface area (TPSA) is 35.1 Å². The van der Waals surface area contributed by atoms with Crippen molar-refractivity contribution in [3.63, 3.8) is 0 Å². The molecule has 0 aliphatic carbocycles. The van der Waals surface area contributed by atoms with Crippen molar-refractivity contribution in [2.75, 3.05) is 0 Å². The van der Waals surface area contributed by atoms with Gasteiger partial charge in [-0.15, -0.1) is 0 Å². The largest absolute Gasteiger partial charge is 0.417 e. The van der Waals surface area contributed by atoms with E-state index in [9.17, 15) is 13.2 Å². The molecule has 0 amide bonds. The summed E-state index contributed by atoms with van der Waals surface area (Å²) in [5.41, 5.74) is 2.91. The van der Waals surface area contributed by atoms with Gasteiger partial charge in [-0.05, 0) is 30.3 Å². The van der Waals surface area contributed by atoms with Gasteiger partial charge in [-0.1, -0.05) is 53.7 Å². The van der Waals surface area contributed by atoms with Gasteiger partial charge < -0.3 is 4.40 Å². The Kier molecular flexibility index (Phi) is 4.91. The smallest absolute Gasteiger partial charge is 0.305 e. The molecule has 0 N–H and O–H groups in total. The molecule has 3 aromatic heterocycles. The Morgan fingerprint density at radius 2 is 1.68 bits per heavy atom. The third-order valence-corrected chi connectivity index (χ3v) is 6.03. The number of pyridine rings is 1. The van der Waals surface area contributed by atoms with Gasteiger partial charge >= 0.3 is 6.18 Å². The standard InChI is InChI=1S/C22H14ClF3N4S/c23-17-10-14(22(24,25)26)11-29-12-15(27-20(17)29)13-31-21-28-18-8-4-5-9-19(18)30(21)16-6-2-1-3-7-16/h1-12H,13H2. The van der Waals surface area contributed by atoms with E-state index in [4.69, 9.17) is 16.6 Å². The first-order valence-electron chi connectivity index (χ1n) is 9.30. The van der Waals surface area contributed by atoms with Gasteiger partial charge in [-0.25, -0.2) is 9.97 Å². The fraction of sp³-hybridized carbons (Fsp3) is 0.0909. The van der Waals surface area contributed by atoms with E-state index in [2.05, 4.69) is 9.55 Å². The highest BCUT2D eigenvalue weighted by molar-refractivity contribution is 7.98. The maximum Gasteiger partial charge on any atom is 0.417 e. The second-order valence-corrected chi connectivity index (χ2v) is 8.23. The number of rotatable bonds is 4. The highest BCUT2D eigenvalue weighted by Crippen LogP contribution is 2.33. The molecule has 0 aliphatic heterocycles. The number of aromatic nitrogens is 4. The fourth-order valence-electron chi connectivity index (χ4n) is 3.40. The van der Waals surface area contributed by atoms with Crippen molar-refractivity contribution in [3.05, 3.63) is 89.3 Å². The normalized spacial score (nSPS) is 12.1. The number of fused-ring (bicyclic) bond motifs is 2. The van der Waals surface area contributed by atoms with Gasteiger partial charge in [0.2, 0.25) is 0 Å². The minimum absolute atomic E-state index is 0.0393. The molecule has 0 saturated carbocycles. The zero-order chi connectivity index (χ0) is 21.6. The summed E-state index contributed by atoms with van der Waals surface area (Å²) in [5, 5.41) is 0.731. The first kappa shape index (κ1) is 20.0. The maximum absolute atomic E-state index is 13.1. The molecule has 0 saturated heterocycles. The molecular formula is C22H14ClF3N4S. The van der Waals surface area contributed by atoms with Crippen LogP contribution in [0.5, 0.6) is 0 Å². The molecule has 2 aromatic carbocycles. The Balaban J connectivity index is 1.50. The van der Waals surface area contributed by atoms with E-state index in [1.54, 1.807) is 6.20 Å². The summed E-state index contributed by atoms with van der Waals surface area (Å²) in [6, 6.07) is 18.6. The number of para-hydroxylation sites is 3. The third-order valence-electron chi connectivity index (χ3n) is 4.78. The predicted octanol–water partition coefficient (Wildman–Crippen LogP) is 6.64. The number of alkyl halides is 3. The van der Waals surface area contributed by atoms with Crippen LogP contribution in [-0.2, 0) is 11.9 Å². The monoisotopic (exact) mass is 458 g/mol. The number of thioether (sulfide) groups is 1. The molecule has 0 unspecified atom stereocenters. The molecule has 4 nitrogen and oxygen atoms in total. The van der Waals surface area contributed by atoms with E-state index in [0.717, 1.165) is 34.1 Å². The van der Waals surface area contributed by atoms with Crippen molar-refractivity contribution in [1.82, 2.24) is 18.9 Å². The van der Waals surface area contributed by atoms with E-state index >= 15 is 0 Å². The molecule has 156 valence electrons. The Labute approximate surface area is 184 Å². The van der Waals surface area contributed by atoms with Gasteiger partial charge in [0.1, 0.15) is 0 Å². The molecule has 0 atom stereocenters. The number of benzene rings is 2. The van der Waals surface area contributed by atoms with Gasteiger partial charge in [-0.3, -0.25) is 4.57 Å². The Morgan fingerprint density at radius 1 is 0.935 bits per heavy atom. The van der Waals surface area contributed by atoms with E-state index in [-0.39, 0.29) is 5.02 Å². The Morgan fingerprint density at radius 3 is 2.45 bits per heavy atom. The van der Waals surface area contributed by atoms with Crippen LogP contribution in [0.15, 0.2) is 78.2 Å². The molecule has 0 spiro atoms. The first-order chi connectivity index (χ1) is 14.9. The summed E-state index contributed by atoms with van der Waals surface area (Å²) in [5.74, 6) is 0.426. The van der Waals surface area contributed by atoms with Crippen molar-refractivity contribution >= 4 is 40.0 Å². The third kappa shape index (κ3) is 3.77. The maximum atomic E-state index is 13.1. The first-order valence-corrected chi connectivity index (χ1v) is 10.7. The number of halogens is 4. The van der Waals surface area contributed by atoms with E-state index in [1.165, 1.54) is 16.2 Å². The van der Waals surface area contributed by atoms with Gasteiger partial charge in [-0.2, -0.15) is 13.2 Å². The van der Waals surface area contributed by atoms with E-state index < -0.39 is 11.7 Å². The summed E-state index contributed by atoms with van der Waals surface area (Å²) in [6.07, 6.45) is -1.90. The SMILES string of the molecule is FC(F)(F)c1cc(Cl)c2nc(CSc3nc4ccccc4n3-c3ccccc3)cn2c1. The van der Waals surface area contributed by atoms with Gasteiger partial charge in [0, 0.05) is 23.8 Å². The zero-order valence-corrected chi connectivity index (χ0v) is 17.4. The fourth-order valence-corrected chi connectivity index (χ4v) is 4.57. The highest BCUT2D eigenvalue weighted by Gasteiger charge is 2.32. The van der Waals surface area contributed by atoms with Crippen LogP contribution < -0.4 is 0 Å². The van der Waals surface area contributed by atoms with Crippen LogP contribution in [0.1, 0.15) is 11.3 Å². The lowest BCUT2D eigenvalue weighted by Gasteiger charge is -2.08.